The second-order valence-corrected chi connectivity index (χ2v) is 4.29. The van der Waals surface area contributed by atoms with Gasteiger partial charge in [-0.25, -0.2) is 0 Å². The zero-order valence-electron chi connectivity index (χ0n) is 9.43. The monoisotopic (exact) mass is 233 g/mol. The zero-order chi connectivity index (χ0) is 12.3. The molecular weight excluding hydrogens is 218 g/mol. The van der Waals surface area contributed by atoms with Gasteiger partial charge in [-0.15, -0.1) is 0 Å². The van der Waals surface area contributed by atoms with Crippen LogP contribution in [-0.4, -0.2) is 23.0 Å². The Bertz CT molecular complexity index is 416. The maximum Gasteiger partial charge on any atom is 0.313 e. The third-order valence-electron chi connectivity index (χ3n) is 3.09. The molecule has 4 heteroatoms. The maximum atomic E-state index is 11.4. The summed E-state index contributed by atoms with van der Waals surface area (Å²) in [5, 5.41) is 12.1. The standard InChI is InChI=1S/C13H15NO3/c15-11-8-4-7-10(14-11)12(13(16)17)9-5-2-1-3-6-9/h1-3,5-6,10,12H,4,7-8H2,(H,14,15)(H,16,17)/t10-,12+/m1/s1. The summed E-state index contributed by atoms with van der Waals surface area (Å²) in [7, 11) is 0. The minimum Gasteiger partial charge on any atom is -0.481 e. The third kappa shape index (κ3) is 2.64. The number of rotatable bonds is 3. The molecule has 1 aliphatic rings. The summed E-state index contributed by atoms with van der Waals surface area (Å²) < 4.78 is 0. The van der Waals surface area contributed by atoms with E-state index in [0.717, 1.165) is 18.4 Å². The lowest BCUT2D eigenvalue weighted by Gasteiger charge is -2.28. The van der Waals surface area contributed by atoms with Gasteiger partial charge in [0.25, 0.3) is 0 Å². The van der Waals surface area contributed by atoms with E-state index in [1.54, 1.807) is 12.1 Å². The van der Waals surface area contributed by atoms with Gasteiger partial charge in [-0.2, -0.15) is 0 Å². The fourth-order valence-corrected chi connectivity index (χ4v) is 2.29. The van der Waals surface area contributed by atoms with Gasteiger partial charge in [-0.05, 0) is 18.4 Å². The molecule has 0 aromatic heterocycles. The van der Waals surface area contributed by atoms with Crippen LogP contribution >= 0.6 is 0 Å². The topological polar surface area (TPSA) is 66.4 Å². The Labute approximate surface area is 99.6 Å². The molecule has 2 atom stereocenters. The number of carbonyl (C=O) groups is 2. The van der Waals surface area contributed by atoms with E-state index < -0.39 is 11.9 Å². The fraction of sp³-hybridized carbons (Fsp3) is 0.385. The van der Waals surface area contributed by atoms with Crippen LogP contribution in [0.4, 0.5) is 0 Å². The first-order valence-electron chi connectivity index (χ1n) is 5.75. The van der Waals surface area contributed by atoms with Crippen molar-refractivity contribution in [3.63, 3.8) is 0 Å². The largest absolute Gasteiger partial charge is 0.481 e. The number of carboxylic acid groups (broad SMARTS) is 1. The van der Waals surface area contributed by atoms with Crippen molar-refractivity contribution < 1.29 is 14.7 Å². The molecule has 2 rings (SSSR count). The quantitative estimate of drug-likeness (QED) is 0.831. The van der Waals surface area contributed by atoms with Crippen molar-refractivity contribution in [2.45, 2.75) is 31.2 Å². The third-order valence-corrected chi connectivity index (χ3v) is 3.09. The van der Waals surface area contributed by atoms with Crippen LogP contribution in [0.3, 0.4) is 0 Å². The molecular formula is C13H15NO3. The molecule has 0 radical (unpaired) electrons. The van der Waals surface area contributed by atoms with Gasteiger partial charge in [0.2, 0.25) is 5.91 Å². The number of carbonyl (C=O) groups excluding carboxylic acids is 1. The molecule has 1 heterocycles. The molecule has 1 amide bonds. The highest BCUT2D eigenvalue weighted by atomic mass is 16.4. The van der Waals surface area contributed by atoms with E-state index in [1.165, 1.54) is 0 Å². The van der Waals surface area contributed by atoms with E-state index in [2.05, 4.69) is 5.32 Å². The number of piperidine rings is 1. The van der Waals surface area contributed by atoms with Crippen LogP contribution < -0.4 is 5.32 Å². The second kappa shape index (κ2) is 4.99. The summed E-state index contributed by atoms with van der Waals surface area (Å²) in [5.41, 5.74) is 0.743. The Morgan fingerprint density at radius 3 is 2.65 bits per heavy atom. The van der Waals surface area contributed by atoms with E-state index in [-0.39, 0.29) is 11.9 Å². The van der Waals surface area contributed by atoms with Gasteiger partial charge in [0.1, 0.15) is 5.92 Å². The summed E-state index contributed by atoms with van der Waals surface area (Å²) in [5.74, 6) is -1.59. The summed E-state index contributed by atoms with van der Waals surface area (Å²) >= 11 is 0. The minimum atomic E-state index is -0.886. The van der Waals surface area contributed by atoms with Gasteiger partial charge in [0, 0.05) is 12.5 Å². The second-order valence-electron chi connectivity index (χ2n) is 4.29. The molecule has 0 unspecified atom stereocenters. The molecule has 17 heavy (non-hydrogen) atoms. The smallest absolute Gasteiger partial charge is 0.313 e. The molecule has 0 aliphatic carbocycles. The summed E-state index contributed by atoms with van der Waals surface area (Å²) in [6.45, 7) is 0. The van der Waals surface area contributed by atoms with Crippen molar-refractivity contribution in [2.75, 3.05) is 0 Å². The molecule has 2 N–H and O–H groups in total. The fourth-order valence-electron chi connectivity index (χ4n) is 2.29. The molecule has 0 bridgehead atoms. The van der Waals surface area contributed by atoms with Crippen LogP contribution in [-0.2, 0) is 9.59 Å². The molecule has 0 saturated carbocycles. The summed E-state index contributed by atoms with van der Waals surface area (Å²) in [6.07, 6.45) is 1.97. The first-order chi connectivity index (χ1) is 8.18. The van der Waals surface area contributed by atoms with E-state index in [1.807, 2.05) is 18.2 Å². The number of hydrogen-bond donors (Lipinski definition) is 2. The predicted molar refractivity (Wildman–Crippen MR) is 62.6 cm³/mol. The highest BCUT2D eigenvalue weighted by Gasteiger charge is 2.32. The zero-order valence-corrected chi connectivity index (χ0v) is 9.43. The average Bonchev–Trinajstić information content (AvgIpc) is 2.30. The van der Waals surface area contributed by atoms with Crippen LogP contribution in [0.1, 0.15) is 30.7 Å². The maximum absolute atomic E-state index is 11.4. The Hall–Kier alpha value is -1.84. The number of nitrogens with one attached hydrogen (secondary N) is 1. The highest BCUT2D eigenvalue weighted by molar-refractivity contribution is 5.81. The van der Waals surface area contributed by atoms with Gasteiger partial charge in [0.15, 0.2) is 0 Å². The van der Waals surface area contributed by atoms with Crippen LogP contribution in [0, 0.1) is 0 Å². The van der Waals surface area contributed by atoms with Crippen molar-refractivity contribution in [3.05, 3.63) is 35.9 Å². The van der Waals surface area contributed by atoms with E-state index in [9.17, 15) is 14.7 Å². The van der Waals surface area contributed by atoms with Gasteiger partial charge >= 0.3 is 5.97 Å². The SMILES string of the molecule is O=C1CCC[C@H]([C@@H](C(=O)O)c2ccccc2)N1. The predicted octanol–water partition coefficient (Wildman–Crippen LogP) is 1.52. The minimum absolute atomic E-state index is 0.0524. The Morgan fingerprint density at radius 1 is 1.35 bits per heavy atom. The van der Waals surface area contributed by atoms with Gasteiger partial charge in [-0.3, -0.25) is 9.59 Å². The van der Waals surface area contributed by atoms with Crippen molar-refractivity contribution in [3.8, 4) is 0 Å². The summed E-state index contributed by atoms with van der Waals surface area (Å²) in [4.78, 5) is 22.7. The lowest BCUT2D eigenvalue weighted by atomic mass is 9.86. The molecule has 1 saturated heterocycles. The Morgan fingerprint density at radius 2 is 2.06 bits per heavy atom. The van der Waals surface area contributed by atoms with Gasteiger partial charge in [-0.1, -0.05) is 30.3 Å². The van der Waals surface area contributed by atoms with Crippen molar-refractivity contribution in [2.24, 2.45) is 0 Å². The molecule has 1 aliphatic heterocycles. The number of carboxylic acids is 1. The normalized spacial score (nSPS) is 21.6. The van der Waals surface area contributed by atoms with Crippen LogP contribution in [0.25, 0.3) is 0 Å². The van der Waals surface area contributed by atoms with E-state index in [4.69, 9.17) is 0 Å². The number of amides is 1. The number of benzene rings is 1. The molecule has 90 valence electrons. The highest BCUT2D eigenvalue weighted by Crippen LogP contribution is 2.25. The molecule has 1 fully saturated rings. The van der Waals surface area contributed by atoms with E-state index >= 15 is 0 Å². The van der Waals surface area contributed by atoms with Crippen LogP contribution in [0.2, 0.25) is 0 Å². The first-order valence-corrected chi connectivity index (χ1v) is 5.75. The molecule has 1 aromatic rings. The first kappa shape index (κ1) is 11.6. The Kier molecular flexibility index (Phi) is 3.42. The lowest BCUT2D eigenvalue weighted by Crippen LogP contribution is -2.44. The molecule has 0 spiro atoms. The average molecular weight is 233 g/mol. The molecule has 4 nitrogen and oxygen atoms in total. The van der Waals surface area contributed by atoms with E-state index in [0.29, 0.717) is 6.42 Å². The van der Waals surface area contributed by atoms with Crippen molar-refractivity contribution >= 4 is 11.9 Å². The Balaban J connectivity index is 2.23. The van der Waals surface area contributed by atoms with Gasteiger partial charge < -0.3 is 10.4 Å². The van der Waals surface area contributed by atoms with Gasteiger partial charge in [0.05, 0.1) is 0 Å². The lowest BCUT2D eigenvalue weighted by molar-refractivity contribution is -0.140. The number of hydrogen-bond acceptors (Lipinski definition) is 2. The van der Waals surface area contributed by atoms with Crippen molar-refractivity contribution in [1.82, 2.24) is 5.32 Å². The van der Waals surface area contributed by atoms with Crippen molar-refractivity contribution in [1.29, 1.82) is 0 Å². The molecule has 1 aromatic carbocycles. The van der Waals surface area contributed by atoms with Crippen LogP contribution in [0.15, 0.2) is 30.3 Å². The summed E-state index contributed by atoms with van der Waals surface area (Å²) in [6, 6.07) is 8.77. The number of aliphatic carboxylic acids is 1. The van der Waals surface area contributed by atoms with Crippen LogP contribution in [0.5, 0.6) is 0 Å².